The first-order chi connectivity index (χ1) is 9.73. The van der Waals surface area contributed by atoms with Crippen molar-refractivity contribution >= 4 is 11.9 Å². The number of ether oxygens (including phenoxy) is 1. The predicted octanol–water partition coefficient (Wildman–Crippen LogP) is 3.29. The number of hydrogen-bond donors (Lipinski definition) is 0. The molecule has 1 saturated carbocycles. The minimum absolute atomic E-state index is 0.163. The summed E-state index contributed by atoms with van der Waals surface area (Å²) in [6.07, 6.45) is 6.98. The van der Waals surface area contributed by atoms with Crippen LogP contribution in [0.3, 0.4) is 0 Å². The summed E-state index contributed by atoms with van der Waals surface area (Å²) in [7, 11) is 0. The maximum absolute atomic E-state index is 12.9. The van der Waals surface area contributed by atoms with Gasteiger partial charge in [0.15, 0.2) is 0 Å². The van der Waals surface area contributed by atoms with E-state index >= 15 is 0 Å². The molecule has 21 heavy (non-hydrogen) atoms. The van der Waals surface area contributed by atoms with E-state index in [-0.39, 0.29) is 23.3 Å². The molecule has 120 valence electrons. The molecule has 4 nitrogen and oxygen atoms in total. The van der Waals surface area contributed by atoms with Crippen molar-refractivity contribution in [3.05, 3.63) is 0 Å². The van der Waals surface area contributed by atoms with Gasteiger partial charge in [0, 0.05) is 12.0 Å². The zero-order valence-electron chi connectivity index (χ0n) is 13.9. The second kappa shape index (κ2) is 5.98. The molecule has 0 aromatic carbocycles. The summed E-state index contributed by atoms with van der Waals surface area (Å²) in [5, 5.41) is 0. The third-order valence-electron chi connectivity index (χ3n) is 4.67. The number of carbonyl (C=O) groups is 2. The van der Waals surface area contributed by atoms with Crippen molar-refractivity contribution in [2.75, 3.05) is 6.54 Å². The molecular formula is C17H29NO3. The van der Waals surface area contributed by atoms with E-state index in [0.717, 1.165) is 38.5 Å². The van der Waals surface area contributed by atoms with Gasteiger partial charge in [-0.1, -0.05) is 26.2 Å². The standard InChI is InChI=1S/C17H29NO3/c1-16(2,3)21-14(19)13-9-8-12-18(13)15(20)17(4)10-6-5-7-11-17/h13H,5-12H2,1-4H3/t13-/m1/s1. The lowest BCUT2D eigenvalue weighted by Gasteiger charge is -2.37. The molecule has 1 atom stereocenters. The normalized spacial score (nSPS) is 25.7. The van der Waals surface area contributed by atoms with E-state index in [9.17, 15) is 9.59 Å². The van der Waals surface area contributed by atoms with Crippen LogP contribution < -0.4 is 0 Å². The van der Waals surface area contributed by atoms with Crippen LogP contribution in [0.15, 0.2) is 0 Å². The van der Waals surface area contributed by atoms with Crippen molar-refractivity contribution in [3.8, 4) is 0 Å². The van der Waals surface area contributed by atoms with Crippen LogP contribution in [0, 0.1) is 5.41 Å². The first-order valence-electron chi connectivity index (χ1n) is 8.27. The van der Waals surface area contributed by atoms with Gasteiger partial charge in [-0.05, 0) is 46.5 Å². The second-order valence-corrected chi connectivity index (χ2v) is 7.81. The smallest absolute Gasteiger partial charge is 0.329 e. The van der Waals surface area contributed by atoms with E-state index in [4.69, 9.17) is 4.74 Å². The molecule has 2 fully saturated rings. The molecule has 1 aliphatic heterocycles. The average molecular weight is 295 g/mol. The Labute approximate surface area is 128 Å². The number of amides is 1. The highest BCUT2D eigenvalue weighted by Gasteiger charge is 2.44. The monoisotopic (exact) mass is 295 g/mol. The van der Waals surface area contributed by atoms with Crippen LogP contribution in [-0.2, 0) is 14.3 Å². The lowest BCUT2D eigenvalue weighted by molar-refractivity contribution is -0.165. The Morgan fingerprint density at radius 3 is 2.29 bits per heavy atom. The number of nitrogens with zero attached hydrogens (tertiary/aromatic N) is 1. The first kappa shape index (κ1) is 16.3. The van der Waals surface area contributed by atoms with Crippen molar-refractivity contribution in [1.82, 2.24) is 4.90 Å². The largest absolute Gasteiger partial charge is 0.458 e. The van der Waals surface area contributed by atoms with Crippen molar-refractivity contribution in [2.24, 2.45) is 5.41 Å². The summed E-state index contributed by atoms with van der Waals surface area (Å²) in [5.74, 6) is -0.0803. The molecule has 0 N–H and O–H groups in total. The van der Waals surface area contributed by atoms with Crippen LogP contribution in [-0.4, -0.2) is 35.0 Å². The molecule has 0 unspecified atom stereocenters. The lowest BCUT2D eigenvalue weighted by Crippen LogP contribution is -2.49. The van der Waals surface area contributed by atoms with Gasteiger partial charge in [-0.3, -0.25) is 4.79 Å². The summed E-state index contributed by atoms with van der Waals surface area (Å²) in [6, 6.07) is -0.379. The Kier molecular flexibility index (Phi) is 4.64. The molecule has 0 spiro atoms. The number of hydrogen-bond acceptors (Lipinski definition) is 3. The molecular weight excluding hydrogens is 266 g/mol. The Bertz CT molecular complexity index is 405. The summed E-state index contributed by atoms with van der Waals surface area (Å²) in [6.45, 7) is 8.37. The molecule has 0 aromatic rings. The fourth-order valence-corrected chi connectivity index (χ4v) is 3.52. The van der Waals surface area contributed by atoms with Gasteiger partial charge in [0.25, 0.3) is 0 Å². The molecule has 2 rings (SSSR count). The van der Waals surface area contributed by atoms with Gasteiger partial charge in [-0.25, -0.2) is 4.79 Å². The van der Waals surface area contributed by atoms with E-state index in [1.807, 2.05) is 20.8 Å². The fraction of sp³-hybridized carbons (Fsp3) is 0.882. The SMILES string of the molecule is CC(C)(C)OC(=O)[C@H]1CCCN1C(=O)C1(C)CCCCC1. The van der Waals surface area contributed by atoms with Crippen LogP contribution in [0.1, 0.15) is 72.6 Å². The van der Waals surface area contributed by atoms with Crippen molar-refractivity contribution in [3.63, 3.8) is 0 Å². The Hall–Kier alpha value is -1.06. The minimum atomic E-state index is -0.497. The molecule has 1 amide bonds. The molecule has 0 bridgehead atoms. The fourth-order valence-electron chi connectivity index (χ4n) is 3.52. The summed E-state index contributed by atoms with van der Waals surface area (Å²) >= 11 is 0. The van der Waals surface area contributed by atoms with Crippen LogP contribution in [0.25, 0.3) is 0 Å². The number of rotatable bonds is 2. The summed E-state index contributed by atoms with van der Waals surface area (Å²) < 4.78 is 5.49. The van der Waals surface area contributed by atoms with E-state index in [1.54, 1.807) is 4.90 Å². The quantitative estimate of drug-likeness (QED) is 0.734. The van der Waals surface area contributed by atoms with E-state index in [2.05, 4.69) is 6.92 Å². The summed E-state index contributed by atoms with van der Waals surface area (Å²) in [5.41, 5.74) is -0.772. The molecule has 4 heteroatoms. The van der Waals surface area contributed by atoms with Crippen LogP contribution in [0.5, 0.6) is 0 Å². The van der Waals surface area contributed by atoms with Gasteiger partial charge in [0.2, 0.25) is 5.91 Å². The zero-order valence-corrected chi connectivity index (χ0v) is 13.9. The molecule has 1 heterocycles. The third kappa shape index (κ3) is 3.78. The van der Waals surface area contributed by atoms with Crippen LogP contribution in [0.4, 0.5) is 0 Å². The molecule has 2 aliphatic rings. The van der Waals surface area contributed by atoms with Crippen LogP contribution >= 0.6 is 0 Å². The van der Waals surface area contributed by atoms with Gasteiger partial charge < -0.3 is 9.64 Å². The van der Waals surface area contributed by atoms with Gasteiger partial charge in [-0.15, -0.1) is 0 Å². The molecule has 0 radical (unpaired) electrons. The highest BCUT2D eigenvalue weighted by Crippen LogP contribution is 2.39. The maximum Gasteiger partial charge on any atom is 0.329 e. The lowest BCUT2D eigenvalue weighted by atomic mass is 9.74. The number of esters is 1. The Balaban J connectivity index is 2.07. The molecule has 1 saturated heterocycles. The number of likely N-dealkylation sites (tertiary alicyclic amines) is 1. The highest BCUT2D eigenvalue weighted by molar-refractivity contribution is 5.88. The third-order valence-corrected chi connectivity index (χ3v) is 4.67. The maximum atomic E-state index is 12.9. The van der Waals surface area contributed by atoms with Crippen molar-refractivity contribution in [1.29, 1.82) is 0 Å². The van der Waals surface area contributed by atoms with Crippen molar-refractivity contribution in [2.45, 2.75) is 84.3 Å². The Morgan fingerprint density at radius 2 is 1.71 bits per heavy atom. The molecule has 0 aromatic heterocycles. The molecule has 1 aliphatic carbocycles. The van der Waals surface area contributed by atoms with Gasteiger partial charge in [-0.2, -0.15) is 0 Å². The second-order valence-electron chi connectivity index (χ2n) is 7.81. The zero-order chi connectivity index (χ0) is 15.7. The van der Waals surface area contributed by atoms with E-state index in [1.165, 1.54) is 6.42 Å². The first-order valence-corrected chi connectivity index (χ1v) is 8.27. The van der Waals surface area contributed by atoms with E-state index in [0.29, 0.717) is 6.54 Å². The highest BCUT2D eigenvalue weighted by atomic mass is 16.6. The summed E-state index contributed by atoms with van der Waals surface area (Å²) in [4.78, 5) is 27.1. The van der Waals surface area contributed by atoms with E-state index < -0.39 is 5.60 Å². The van der Waals surface area contributed by atoms with Crippen molar-refractivity contribution < 1.29 is 14.3 Å². The Morgan fingerprint density at radius 1 is 1.10 bits per heavy atom. The number of carbonyl (C=O) groups excluding carboxylic acids is 2. The van der Waals surface area contributed by atoms with Crippen LogP contribution in [0.2, 0.25) is 0 Å². The van der Waals surface area contributed by atoms with Gasteiger partial charge >= 0.3 is 5.97 Å². The van der Waals surface area contributed by atoms with Gasteiger partial charge in [0.05, 0.1) is 0 Å². The average Bonchev–Trinajstić information content (AvgIpc) is 2.85. The minimum Gasteiger partial charge on any atom is -0.458 e. The topological polar surface area (TPSA) is 46.6 Å². The van der Waals surface area contributed by atoms with Gasteiger partial charge in [0.1, 0.15) is 11.6 Å². The predicted molar refractivity (Wildman–Crippen MR) is 81.8 cm³/mol.